The zero-order valence-electron chi connectivity index (χ0n) is 29.4. The molecule has 0 aliphatic carbocycles. The fourth-order valence-corrected chi connectivity index (χ4v) is 6.73. The van der Waals surface area contributed by atoms with Gasteiger partial charge in [0.05, 0.1) is 24.2 Å². The van der Waals surface area contributed by atoms with E-state index in [1.54, 1.807) is 37.4 Å². The Morgan fingerprint density at radius 1 is 1.06 bits per heavy atom. The second kappa shape index (κ2) is 17.6. The molecule has 0 unspecified atom stereocenters. The molecule has 0 spiro atoms. The number of halogens is 2. The highest BCUT2D eigenvalue weighted by molar-refractivity contribution is 6.30. The Bertz CT molecular complexity index is 2110. The number of hydrogen-bond acceptors (Lipinski definition) is 8. The van der Waals surface area contributed by atoms with Crippen molar-refractivity contribution in [2.75, 3.05) is 40.4 Å². The van der Waals surface area contributed by atoms with E-state index in [0.717, 1.165) is 85.2 Å². The largest absolute Gasteiger partial charge is 0.508 e. The number of piperidine rings is 1. The number of likely N-dealkylation sites (tertiary alicyclic amines) is 1. The second-order valence-electron chi connectivity index (χ2n) is 12.9. The van der Waals surface area contributed by atoms with Crippen LogP contribution in [0.3, 0.4) is 0 Å². The zero-order chi connectivity index (χ0) is 36.5. The molecule has 12 heteroatoms. The van der Waals surface area contributed by atoms with Crippen LogP contribution < -0.4 is 10.1 Å². The van der Waals surface area contributed by atoms with Gasteiger partial charge in [-0.05, 0) is 106 Å². The molecule has 3 aromatic heterocycles. The average molecular weight is 727 g/mol. The monoisotopic (exact) mass is 726 g/mol. The predicted octanol–water partition coefficient (Wildman–Crippen LogP) is 7.28. The van der Waals surface area contributed by atoms with Gasteiger partial charge in [0.1, 0.15) is 30.3 Å². The number of carbonyl (C=O) groups is 1. The van der Waals surface area contributed by atoms with Gasteiger partial charge >= 0.3 is 0 Å². The molecule has 0 bridgehead atoms. The van der Waals surface area contributed by atoms with E-state index in [2.05, 4.69) is 19.8 Å². The smallest absolute Gasteiger partial charge is 0.213 e. The number of likely N-dealkylation sites (N-methyl/N-ethyl adjacent to an activating group) is 1. The number of H-pyrrole nitrogens is 1. The lowest BCUT2D eigenvalue weighted by molar-refractivity contribution is 0.112. The Hall–Kier alpha value is -4.81. The molecule has 0 saturated carbocycles. The number of pyridine rings is 1. The molecule has 0 radical (unpaired) electrons. The second-order valence-corrected chi connectivity index (χ2v) is 13.3. The van der Waals surface area contributed by atoms with Gasteiger partial charge in [0.15, 0.2) is 0 Å². The first-order valence-electron chi connectivity index (χ1n) is 17.5. The number of nitrogens with one attached hydrogen (secondary N) is 2. The summed E-state index contributed by atoms with van der Waals surface area (Å²) in [5.74, 6) is 1.72. The van der Waals surface area contributed by atoms with Gasteiger partial charge in [-0.25, -0.2) is 14.4 Å². The Labute approximate surface area is 307 Å². The summed E-state index contributed by atoms with van der Waals surface area (Å²) in [4.78, 5) is 26.4. The first-order chi connectivity index (χ1) is 25.3. The lowest BCUT2D eigenvalue weighted by Crippen LogP contribution is -2.33. The van der Waals surface area contributed by atoms with E-state index >= 15 is 0 Å². The van der Waals surface area contributed by atoms with Crippen molar-refractivity contribution in [3.8, 4) is 11.6 Å². The quantitative estimate of drug-likeness (QED) is 0.106. The Balaban J connectivity index is 0.000000276. The molecule has 10 nitrogen and oxygen atoms in total. The molecule has 4 heterocycles. The number of fused-ring (bicyclic) bond motifs is 2. The van der Waals surface area contributed by atoms with Crippen LogP contribution in [0, 0.1) is 5.82 Å². The highest BCUT2D eigenvalue weighted by Crippen LogP contribution is 2.30. The van der Waals surface area contributed by atoms with Crippen LogP contribution in [-0.2, 0) is 30.9 Å². The number of carbonyl (C=O) groups excluding carboxylic acids is 1. The number of phenols is 1. The van der Waals surface area contributed by atoms with Gasteiger partial charge in [0.2, 0.25) is 5.88 Å². The van der Waals surface area contributed by atoms with Crippen molar-refractivity contribution in [2.45, 2.75) is 44.9 Å². The van der Waals surface area contributed by atoms with E-state index < -0.39 is 0 Å². The minimum absolute atomic E-state index is 0.0936. The summed E-state index contributed by atoms with van der Waals surface area (Å²) < 4.78 is 27.4. The molecule has 1 fully saturated rings. The molecule has 0 atom stereocenters. The summed E-state index contributed by atoms with van der Waals surface area (Å²) in [5, 5.41) is 13.9. The summed E-state index contributed by atoms with van der Waals surface area (Å²) in [6.07, 6.45) is 5.76. The van der Waals surface area contributed by atoms with Crippen LogP contribution in [-0.4, -0.2) is 76.2 Å². The maximum Gasteiger partial charge on any atom is 0.213 e. The van der Waals surface area contributed by atoms with Gasteiger partial charge in [-0.1, -0.05) is 23.7 Å². The molecule has 1 aliphatic heterocycles. The van der Waals surface area contributed by atoms with Crippen molar-refractivity contribution in [1.82, 2.24) is 29.7 Å². The van der Waals surface area contributed by atoms with Gasteiger partial charge in [0, 0.05) is 64.6 Å². The van der Waals surface area contributed by atoms with Crippen LogP contribution in [0.25, 0.3) is 21.9 Å². The first-order valence-corrected chi connectivity index (χ1v) is 17.9. The Morgan fingerprint density at radius 2 is 1.90 bits per heavy atom. The van der Waals surface area contributed by atoms with E-state index in [-0.39, 0.29) is 12.4 Å². The summed E-state index contributed by atoms with van der Waals surface area (Å²) in [6.45, 7) is 4.89. The lowest BCUT2D eigenvalue weighted by Gasteiger charge is -2.31. The highest BCUT2D eigenvalue weighted by Gasteiger charge is 2.24. The Morgan fingerprint density at radius 3 is 2.67 bits per heavy atom. The van der Waals surface area contributed by atoms with Crippen LogP contribution in [0.15, 0.2) is 79.0 Å². The number of hydrogen-bond donors (Lipinski definition) is 3. The summed E-state index contributed by atoms with van der Waals surface area (Å²) in [6, 6.07) is 21.3. The third-order valence-electron chi connectivity index (χ3n) is 9.41. The molecule has 1 saturated heterocycles. The Kier molecular flexibility index (Phi) is 12.5. The number of aromatic hydroxyl groups is 1. The van der Waals surface area contributed by atoms with Crippen molar-refractivity contribution in [1.29, 1.82) is 0 Å². The van der Waals surface area contributed by atoms with Gasteiger partial charge in [0.25, 0.3) is 0 Å². The number of rotatable bonds is 13. The van der Waals surface area contributed by atoms with Crippen LogP contribution in [0.2, 0.25) is 5.02 Å². The molecule has 272 valence electrons. The van der Waals surface area contributed by atoms with Crippen molar-refractivity contribution in [3.05, 3.63) is 118 Å². The minimum Gasteiger partial charge on any atom is -0.508 e. The van der Waals surface area contributed by atoms with Gasteiger partial charge in [-0.3, -0.25) is 9.69 Å². The number of methoxy groups -OCH3 is 1. The zero-order valence-corrected chi connectivity index (χ0v) is 30.2. The van der Waals surface area contributed by atoms with Crippen LogP contribution in [0.5, 0.6) is 11.6 Å². The minimum atomic E-state index is -0.388. The summed E-state index contributed by atoms with van der Waals surface area (Å²) in [7, 11) is 3.63. The number of phenolic OH excluding ortho intramolecular Hbond substituents is 1. The number of aromatic amines is 1. The van der Waals surface area contributed by atoms with Crippen molar-refractivity contribution in [3.63, 3.8) is 0 Å². The van der Waals surface area contributed by atoms with E-state index in [9.17, 15) is 14.3 Å². The normalized spacial score (nSPS) is 13.7. The average Bonchev–Trinajstić information content (AvgIpc) is 3.72. The number of aldehydes is 1. The number of ether oxygens (including phenoxy) is 2. The maximum atomic E-state index is 14.1. The third kappa shape index (κ3) is 9.15. The first kappa shape index (κ1) is 37.0. The molecule has 3 N–H and O–H groups in total. The van der Waals surface area contributed by atoms with Crippen LogP contribution in [0.4, 0.5) is 4.39 Å². The lowest BCUT2D eigenvalue weighted by atomic mass is 9.93. The molecule has 7 rings (SSSR count). The van der Waals surface area contributed by atoms with Gasteiger partial charge in [-0.15, -0.1) is 0 Å². The molecule has 3 aromatic carbocycles. The van der Waals surface area contributed by atoms with Crippen molar-refractivity contribution in [2.24, 2.45) is 0 Å². The predicted molar refractivity (Wildman–Crippen MR) is 202 cm³/mol. The molecule has 6 aromatic rings. The fraction of sp³-hybridized carbons (Fsp3) is 0.325. The van der Waals surface area contributed by atoms with Crippen molar-refractivity contribution >= 4 is 39.8 Å². The fourth-order valence-electron chi connectivity index (χ4n) is 6.57. The summed E-state index contributed by atoms with van der Waals surface area (Å²) >= 11 is 5.84. The maximum absolute atomic E-state index is 14.1. The topological polar surface area (TPSA) is 118 Å². The van der Waals surface area contributed by atoms with Gasteiger partial charge in [-0.2, -0.15) is 0 Å². The number of aromatic nitrogens is 4. The molecule has 1 aliphatic rings. The molecule has 0 amide bonds. The third-order valence-corrected chi connectivity index (χ3v) is 9.64. The van der Waals surface area contributed by atoms with E-state index in [0.29, 0.717) is 46.8 Å². The molecule has 52 heavy (non-hydrogen) atoms. The van der Waals surface area contributed by atoms with Crippen molar-refractivity contribution < 1.29 is 23.8 Å². The number of nitrogens with zero attached hydrogens (tertiary/aromatic N) is 4. The number of imidazole rings is 1. The van der Waals surface area contributed by atoms with E-state index in [4.69, 9.17) is 31.0 Å². The summed E-state index contributed by atoms with van der Waals surface area (Å²) in [5.41, 5.74) is 6.21. The van der Waals surface area contributed by atoms with E-state index in [1.807, 2.05) is 49.6 Å². The SMILES string of the molecule is CNCCc1c[nH]c2ccc(O)cc12.COCCn1c(CN2CCC(c3cccc(OCc4ccc(Cl)cc4F)n3)CC2)nc2cc(C=O)ccc21. The molecular weight excluding hydrogens is 683 g/mol. The van der Waals surface area contributed by atoms with Gasteiger partial charge < -0.3 is 29.4 Å². The van der Waals surface area contributed by atoms with E-state index in [1.165, 1.54) is 11.6 Å². The number of benzene rings is 3. The van der Waals surface area contributed by atoms with Crippen LogP contribution >= 0.6 is 11.6 Å². The standard InChI is InChI=1S/C29H30ClFN4O3.C11H14N2O/c1-37-14-13-35-27-8-5-20(18-36)15-26(27)32-28(35)17-34-11-9-21(10-12-34)25-3-2-4-29(33-25)38-19-22-6-7-23(30)16-24(22)31;1-12-5-4-8-7-13-11-3-2-9(14)6-10(8)11/h2-8,15-16,18,21H,9-14,17,19H2,1H3;2-3,6-7,12-14H,4-5H2,1H3. The molecular formula is C40H44ClFN6O4. The van der Waals surface area contributed by atoms with Crippen LogP contribution in [0.1, 0.15) is 51.8 Å². The highest BCUT2D eigenvalue weighted by atomic mass is 35.5.